The molecule has 1 aromatic heterocycles. The van der Waals surface area contributed by atoms with Crippen LogP contribution in [0.2, 0.25) is 0 Å². The van der Waals surface area contributed by atoms with E-state index >= 15 is 0 Å². The molecule has 0 aliphatic rings. The van der Waals surface area contributed by atoms with Gasteiger partial charge in [0.15, 0.2) is 5.75 Å². The van der Waals surface area contributed by atoms with E-state index in [2.05, 4.69) is 9.97 Å². The van der Waals surface area contributed by atoms with Crippen molar-refractivity contribution in [2.24, 2.45) is 0 Å². The van der Waals surface area contributed by atoms with E-state index in [-0.39, 0.29) is 5.75 Å². The van der Waals surface area contributed by atoms with E-state index in [0.717, 1.165) is 0 Å². The Kier molecular flexibility index (Phi) is 3.10. The van der Waals surface area contributed by atoms with Gasteiger partial charge in [-0.25, -0.2) is 9.97 Å². The minimum Gasteiger partial charge on any atom is -0.504 e. The van der Waals surface area contributed by atoms with Gasteiger partial charge in [0.1, 0.15) is 10.9 Å². The first kappa shape index (κ1) is 9.06. The molecule has 1 N–H and O–H groups in total. The molecular weight excluding hydrogens is 172 g/mol. The van der Waals surface area contributed by atoms with Gasteiger partial charge in [-0.15, -0.1) is 0 Å². The van der Waals surface area contributed by atoms with Crippen molar-refractivity contribution in [2.45, 2.75) is 18.9 Å². The van der Waals surface area contributed by atoms with Crippen LogP contribution in [0.1, 0.15) is 12.7 Å². The van der Waals surface area contributed by atoms with Gasteiger partial charge in [-0.05, 0) is 19.3 Å². The molecule has 0 aliphatic heterocycles. The molecule has 12 heavy (non-hydrogen) atoms. The maximum Gasteiger partial charge on any atom is 0.166 e. The molecule has 3 nitrogen and oxygen atoms in total. The second-order valence-corrected chi connectivity index (χ2v) is 3.09. The molecule has 0 aromatic carbocycles. The Labute approximate surface area is 75.6 Å². The summed E-state index contributed by atoms with van der Waals surface area (Å²) in [5, 5.41) is 11.7. The number of allylic oxidation sites excluding steroid dienone is 1. The predicted octanol–water partition coefficient (Wildman–Crippen LogP) is 2.12. The van der Waals surface area contributed by atoms with Crippen molar-refractivity contribution in [2.75, 3.05) is 0 Å². The first-order chi connectivity index (χ1) is 5.74. The predicted molar refractivity (Wildman–Crippen MR) is 49.1 cm³/mol. The third-order valence-electron chi connectivity index (χ3n) is 1.17. The van der Waals surface area contributed by atoms with E-state index in [9.17, 15) is 5.11 Å². The Balaban J connectivity index is 2.89. The van der Waals surface area contributed by atoms with Gasteiger partial charge in [0.25, 0.3) is 0 Å². The summed E-state index contributed by atoms with van der Waals surface area (Å²) in [5.41, 5.74) is 0. The number of aryl methyl sites for hydroxylation is 1. The van der Waals surface area contributed by atoms with Crippen molar-refractivity contribution in [3.8, 4) is 5.75 Å². The van der Waals surface area contributed by atoms with Crippen LogP contribution in [0.4, 0.5) is 0 Å². The summed E-state index contributed by atoms with van der Waals surface area (Å²) in [6.07, 6.45) is 3.30. The van der Waals surface area contributed by atoms with Crippen molar-refractivity contribution in [1.29, 1.82) is 0 Å². The molecule has 1 aromatic rings. The molecule has 0 radical (unpaired) electrons. The van der Waals surface area contributed by atoms with Crippen molar-refractivity contribution in [1.82, 2.24) is 9.97 Å². The summed E-state index contributed by atoms with van der Waals surface area (Å²) in [6, 6.07) is 0. The maximum atomic E-state index is 9.28. The first-order valence-electron chi connectivity index (χ1n) is 3.54. The summed E-state index contributed by atoms with van der Waals surface area (Å²) in [4.78, 5) is 7.91. The number of aromatic nitrogens is 2. The standard InChI is InChI=1S/C8H10N2OS/c1-3-4-12-8-7(11)5-9-6(2)10-8/h3-5,11H,1-2H3/b4-3+. The summed E-state index contributed by atoms with van der Waals surface area (Å²) in [7, 11) is 0. The molecule has 0 unspecified atom stereocenters. The van der Waals surface area contributed by atoms with Gasteiger partial charge in [-0.1, -0.05) is 17.8 Å². The third kappa shape index (κ3) is 2.23. The van der Waals surface area contributed by atoms with Crippen molar-refractivity contribution in [3.63, 3.8) is 0 Å². The Hall–Kier alpha value is -1.03. The molecule has 0 saturated heterocycles. The van der Waals surface area contributed by atoms with Crippen LogP contribution in [0, 0.1) is 6.92 Å². The number of thioether (sulfide) groups is 1. The second kappa shape index (κ2) is 4.11. The Morgan fingerprint density at radius 1 is 1.58 bits per heavy atom. The minimum atomic E-state index is 0.128. The average Bonchev–Trinajstić information content (AvgIpc) is 2.07. The summed E-state index contributed by atoms with van der Waals surface area (Å²) in [6.45, 7) is 3.71. The molecule has 0 aliphatic carbocycles. The van der Waals surface area contributed by atoms with Gasteiger partial charge in [-0.3, -0.25) is 0 Å². The SMILES string of the molecule is C/C=C/Sc1nc(C)ncc1O. The van der Waals surface area contributed by atoms with E-state index < -0.39 is 0 Å². The minimum absolute atomic E-state index is 0.128. The van der Waals surface area contributed by atoms with Crippen molar-refractivity contribution in [3.05, 3.63) is 23.5 Å². The molecule has 0 atom stereocenters. The normalized spacial score (nSPS) is 10.8. The smallest absolute Gasteiger partial charge is 0.166 e. The largest absolute Gasteiger partial charge is 0.504 e. The fourth-order valence-electron chi connectivity index (χ4n) is 0.662. The molecule has 0 fully saturated rings. The Bertz CT molecular complexity index is 299. The van der Waals surface area contributed by atoms with E-state index in [1.165, 1.54) is 18.0 Å². The van der Waals surface area contributed by atoms with E-state index in [4.69, 9.17) is 0 Å². The number of nitrogens with zero attached hydrogens (tertiary/aromatic N) is 2. The average molecular weight is 182 g/mol. The van der Waals surface area contributed by atoms with Crippen LogP contribution in [0.25, 0.3) is 0 Å². The highest BCUT2D eigenvalue weighted by atomic mass is 32.2. The van der Waals surface area contributed by atoms with E-state index in [1.807, 2.05) is 18.4 Å². The number of hydrogen-bond acceptors (Lipinski definition) is 4. The second-order valence-electron chi connectivity index (χ2n) is 2.19. The highest BCUT2D eigenvalue weighted by Crippen LogP contribution is 2.25. The van der Waals surface area contributed by atoms with Crippen LogP contribution >= 0.6 is 11.8 Å². The van der Waals surface area contributed by atoms with Crippen LogP contribution in [0.5, 0.6) is 5.75 Å². The third-order valence-corrected chi connectivity index (χ3v) is 2.10. The Morgan fingerprint density at radius 3 is 3.00 bits per heavy atom. The van der Waals surface area contributed by atoms with Crippen LogP contribution in [0.3, 0.4) is 0 Å². The zero-order valence-electron chi connectivity index (χ0n) is 6.98. The Morgan fingerprint density at radius 2 is 2.33 bits per heavy atom. The lowest BCUT2D eigenvalue weighted by molar-refractivity contribution is 0.452. The van der Waals surface area contributed by atoms with Crippen LogP contribution in [0.15, 0.2) is 22.7 Å². The quantitative estimate of drug-likeness (QED) is 0.562. The van der Waals surface area contributed by atoms with Gasteiger partial charge in [-0.2, -0.15) is 0 Å². The number of hydrogen-bond donors (Lipinski definition) is 1. The molecule has 64 valence electrons. The highest BCUT2D eigenvalue weighted by molar-refractivity contribution is 8.02. The zero-order chi connectivity index (χ0) is 8.97. The molecule has 0 saturated carbocycles. The highest BCUT2D eigenvalue weighted by Gasteiger charge is 2.01. The van der Waals surface area contributed by atoms with Gasteiger partial charge >= 0.3 is 0 Å². The van der Waals surface area contributed by atoms with Crippen LogP contribution in [-0.2, 0) is 0 Å². The van der Waals surface area contributed by atoms with E-state index in [1.54, 1.807) is 6.92 Å². The van der Waals surface area contributed by atoms with Gasteiger partial charge < -0.3 is 5.11 Å². The van der Waals surface area contributed by atoms with Crippen LogP contribution < -0.4 is 0 Å². The van der Waals surface area contributed by atoms with E-state index in [0.29, 0.717) is 10.9 Å². The lowest BCUT2D eigenvalue weighted by Crippen LogP contribution is -1.87. The fourth-order valence-corrected chi connectivity index (χ4v) is 1.29. The molecule has 1 heterocycles. The molecule has 0 amide bonds. The monoisotopic (exact) mass is 182 g/mol. The van der Waals surface area contributed by atoms with Gasteiger partial charge in [0.2, 0.25) is 0 Å². The van der Waals surface area contributed by atoms with Gasteiger partial charge in [0.05, 0.1) is 6.20 Å². The van der Waals surface area contributed by atoms with Crippen LogP contribution in [-0.4, -0.2) is 15.1 Å². The lowest BCUT2D eigenvalue weighted by Gasteiger charge is -1.99. The fraction of sp³-hybridized carbons (Fsp3) is 0.250. The summed E-state index contributed by atoms with van der Waals surface area (Å²) in [5.74, 6) is 0.795. The topological polar surface area (TPSA) is 46.0 Å². The molecule has 0 bridgehead atoms. The summed E-state index contributed by atoms with van der Waals surface area (Å²) < 4.78 is 0. The number of rotatable bonds is 2. The summed E-state index contributed by atoms with van der Waals surface area (Å²) >= 11 is 1.38. The first-order valence-corrected chi connectivity index (χ1v) is 4.42. The lowest BCUT2D eigenvalue weighted by atomic mass is 10.6. The van der Waals surface area contributed by atoms with Gasteiger partial charge in [0, 0.05) is 0 Å². The molecule has 1 rings (SSSR count). The van der Waals surface area contributed by atoms with Crippen molar-refractivity contribution < 1.29 is 5.11 Å². The number of aromatic hydroxyl groups is 1. The zero-order valence-corrected chi connectivity index (χ0v) is 7.80. The molecule has 4 heteroatoms. The molecular formula is C8H10N2OS. The maximum absolute atomic E-state index is 9.28. The molecule has 0 spiro atoms. The van der Waals surface area contributed by atoms with Crippen molar-refractivity contribution >= 4 is 11.8 Å².